The molecule has 0 aliphatic heterocycles. The normalized spacial score (nSPS) is 9.29. The molecule has 0 aliphatic carbocycles. The molecule has 0 bridgehead atoms. The maximum Gasteiger partial charge on any atom is 0.125 e. The van der Waals surface area contributed by atoms with E-state index in [9.17, 15) is 0 Å². The molecule has 154 valence electrons. The van der Waals surface area contributed by atoms with Crippen molar-refractivity contribution in [3.8, 4) is 0 Å². The third-order valence-corrected chi connectivity index (χ3v) is 3.41. The predicted molar refractivity (Wildman–Crippen MR) is 103 cm³/mol. The van der Waals surface area contributed by atoms with Crippen LogP contribution in [0.15, 0.2) is 48.5 Å². The standard InChI is InChI=1S/C16H22N4.2NO3/c17-15-7-3-1-5-13(15)11-19-9-10-20-12-14-6-2-4-8-16(14)18;2*2-1(3)4/h1-8,19-20H,9-12,17-18H2;;/q;2*-1/p+2. The van der Waals surface area contributed by atoms with Gasteiger partial charge in [0, 0.05) is 22.5 Å². The maximum atomic E-state index is 8.25. The first-order chi connectivity index (χ1) is 13.2. The average molecular weight is 396 g/mol. The van der Waals surface area contributed by atoms with Crippen molar-refractivity contribution in [1.29, 1.82) is 0 Å². The SMILES string of the molecule is Nc1ccccc1C[NH2+]CC[NH2+]Cc1ccccc1N.O=[N+]([O-])[O-].O=[N+]([O-])[O-]. The zero-order chi connectivity index (χ0) is 21.4. The van der Waals surface area contributed by atoms with E-state index in [1.54, 1.807) is 0 Å². The van der Waals surface area contributed by atoms with Crippen molar-refractivity contribution >= 4 is 11.4 Å². The van der Waals surface area contributed by atoms with Crippen LogP contribution in [0.1, 0.15) is 11.1 Å². The van der Waals surface area contributed by atoms with Crippen LogP contribution in [-0.4, -0.2) is 23.3 Å². The Morgan fingerprint density at radius 3 is 1.25 bits per heavy atom. The molecule has 2 aromatic carbocycles. The van der Waals surface area contributed by atoms with Gasteiger partial charge in [0.2, 0.25) is 0 Å². The minimum absolute atomic E-state index is 0.879. The fourth-order valence-electron chi connectivity index (χ4n) is 2.19. The number of quaternary nitrogens is 2. The van der Waals surface area contributed by atoms with Crippen molar-refractivity contribution in [1.82, 2.24) is 0 Å². The van der Waals surface area contributed by atoms with E-state index in [0.29, 0.717) is 0 Å². The fraction of sp³-hybridized carbons (Fsp3) is 0.250. The molecule has 0 aromatic heterocycles. The summed E-state index contributed by atoms with van der Waals surface area (Å²) in [6.45, 7) is 4.02. The minimum Gasteiger partial charge on any atom is -0.398 e. The lowest BCUT2D eigenvalue weighted by atomic mass is 10.2. The van der Waals surface area contributed by atoms with Gasteiger partial charge in [-0.05, 0) is 12.1 Å². The van der Waals surface area contributed by atoms with Crippen LogP contribution in [0.25, 0.3) is 0 Å². The van der Waals surface area contributed by atoms with E-state index in [1.165, 1.54) is 11.1 Å². The Morgan fingerprint density at radius 2 is 0.964 bits per heavy atom. The van der Waals surface area contributed by atoms with Gasteiger partial charge in [-0.2, -0.15) is 0 Å². The van der Waals surface area contributed by atoms with Gasteiger partial charge < -0.3 is 52.7 Å². The molecule has 0 unspecified atom stereocenters. The Kier molecular flexibility index (Phi) is 12.6. The summed E-state index contributed by atoms with van der Waals surface area (Å²) in [4.78, 5) is 16.5. The van der Waals surface area contributed by atoms with Crippen molar-refractivity contribution in [2.45, 2.75) is 13.1 Å². The van der Waals surface area contributed by atoms with Gasteiger partial charge in [-0.15, -0.1) is 0 Å². The van der Waals surface area contributed by atoms with E-state index in [1.807, 2.05) is 36.4 Å². The molecular formula is C16H24N6O6. The van der Waals surface area contributed by atoms with Crippen molar-refractivity contribution in [3.63, 3.8) is 0 Å². The van der Waals surface area contributed by atoms with Crippen molar-refractivity contribution in [3.05, 3.63) is 90.3 Å². The molecule has 12 heteroatoms. The van der Waals surface area contributed by atoms with Crippen LogP contribution in [0, 0.1) is 30.6 Å². The number of para-hydroxylation sites is 2. The molecule has 12 nitrogen and oxygen atoms in total. The summed E-state index contributed by atoms with van der Waals surface area (Å²) >= 11 is 0. The van der Waals surface area contributed by atoms with Gasteiger partial charge in [0.25, 0.3) is 0 Å². The third kappa shape index (κ3) is 13.6. The molecule has 0 fully saturated rings. The summed E-state index contributed by atoms with van der Waals surface area (Å²) in [6, 6.07) is 16.1. The summed E-state index contributed by atoms with van der Waals surface area (Å²) < 4.78 is 0. The third-order valence-electron chi connectivity index (χ3n) is 3.41. The highest BCUT2D eigenvalue weighted by molar-refractivity contribution is 5.46. The van der Waals surface area contributed by atoms with Crippen LogP contribution in [0.2, 0.25) is 0 Å². The quantitative estimate of drug-likeness (QED) is 0.200. The summed E-state index contributed by atoms with van der Waals surface area (Å²) in [5.74, 6) is 0. The molecule has 28 heavy (non-hydrogen) atoms. The van der Waals surface area contributed by atoms with Gasteiger partial charge in [-0.3, -0.25) is 0 Å². The van der Waals surface area contributed by atoms with E-state index in [4.69, 9.17) is 42.1 Å². The smallest absolute Gasteiger partial charge is 0.125 e. The molecule has 0 atom stereocenters. The zero-order valence-electron chi connectivity index (χ0n) is 15.1. The minimum atomic E-state index is -1.75. The molecule has 2 aromatic rings. The number of nitrogens with zero attached hydrogens (tertiary/aromatic N) is 2. The number of hydrogen-bond acceptors (Lipinski definition) is 8. The monoisotopic (exact) mass is 396 g/mol. The summed E-state index contributed by atoms with van der Waals surface area (Å²) in [5.41, 5.74) is 16.0. The predicted octanol–water partition coefficient (Wildman–Crippen LogP) is -0.800. The molecule has 0 aliphatic rings. The van der Waals surface area contributed by atoms with Gasteiger partial charge >= 0.3 is 0 Å². The first-order valence-electron chi connectivity index (χ1n) is 8.17. The van der Waals surface area contributed by atoms with E-state index >= 15 is 0 Å². The second-order valence-corrected chi connectivity index (χ2v) is 5.41. The second kappa shape index (κ2) is 14.5. The average Bonchev–Trinajstić information content (AvgIpc) is 2.60. The van der Waals surface area contributed by atoms with Crippen LogP contribution in [0.3, 0.4) is 0 Å². The van der Waals surface area contributed by atoms with Gasteiger partial charge in [-0.1, -0.05) is 36.4 Å². The highest BCUT2D eigenvalue weighted by atomic mass is 16.9. The van der Waals surface area contributed by atoms with Crippen LogP contribution < -0.4 is 22.1 Å². The first-order valence-corrected chi connectivity index (χ1v) is 8.17. The number of hydrogen-bond donors (Lipinski definition) is 4. The Morgan fingerprint density at radius 1 is 0.679 bits per heavy atom. The zero-order valence-corrected chi connectivity index (χ0v) is 15.1. The number of anilines is 2. The van der Waals surface area contributed by atoms with Crippen LogP contribution in [-0.2, 0) is 13.1 Å². The number of nitrogens with two attached hydrogens (primary N) is 4. The van der Waals surface area contributed by atoms with Crippen LogP contribution in [0.4, 0.5) is 11.4 Å². The van der Waals surface area contributed by atoms with Crippen molar-refractivity contribution in [2.75, 3.05) is 24.6 Å². The lowest BCUT2D eigenvalue weighted by molar-refractivity contribution is -0.738. The van der Waals surface area contributed by atoms with E-state index < -0.39 is 10.2 Å². The molecule has 2 rings (SSSR count). The molecule has 0 saturated heterocycles. The summed E-state index contributed by atoms with van der Waals surface area (Å²) in [5, 5.41) is 34.1. The van der Waals surface area contributed by atoms with E-state index in [2.05, 4.69) is 22.8 Å². The van der Waals surface area contributed by atoms with E-state index in [-0.39, 0.29) is 0 Å². The highest BCUT2D eigenvalue weighted by Crippen LogP contribution is 2.08. The summed E-state index contributed by atoms with van der Waals surface area (Å²) in [7, 11) is 0. The van der Waals surface area contributed by atoms with Crippen molar-refractivity contribution in [2.24, 2.45) is 0 Å². The lowest BCUT2D eigenvalue weighted by Crippen LogP contribution is -2.93. The Balaban J connectivity index is 0.000000776. The molecular weight excluding hydrogens is 372 g/mol. The van der Waals surface area contributed by atoms with Crippen LogP contribution in [0.5, 0.6) is 0 Å². The molecule has 0 amide bonds. The molecule has 0 radical (unpaired) electrons. The topological polar surface area (TPSA) is 218 Å². The van der Waals surface area contributed by atoms with Gasteiger partial charge in [0.1, 0.15) is 26.2 Å². The molecule has 0 spiro atoms. The Labute approximate surface area is 161 Å². The molecule has 0 heterocycles. The first kappa shape index (κ1) is 24.4. The number of rotatable bonds is 7. The Hall–Kier alpha value is -3.64. The van der Waals surface area contributed by atoms with Gasteiger partial charge in [-0.25, -0.2) is 0 Å². The fourth-order valence-corrected chi connectivity index (χ4v) is 2.19. The van der Waals surface area contributed by atoms with Gasteiger partial charge in [0.05, 0.1) is 10.2 Å². The lowest BCUT2D eigenvalue weighted by Gasteiger charge is -2.06. The van der Waals surface area contributed by atoms with Gasteiger partial charge in [0.15, 0.2) is 0 Å². The van der Waals surface area contributed by atoms with Crippen LogP contribution >= 0.6 is 0 Å². The highest BCUT2D eigenvalue weighted by Gasteiger charge is 2.02. The summed E-state index contributed by atoms with van der Waals surface area (Å²) in [6.07, 6.45) is 0. The maximum absolute atomic E-state index is 8.25. The van der Waals surface area contributed by atoms with E-state index in [0.717, 1.165) is 37.6 Å². The molecule has 0 saturated carbocycles. The second-order valence-electron chi connectivity index (χ2n) is 5.41. The molecule has 8 N–H and O–H groups in total. The largest absolute Gasteiger partial charge is 0.398 e. The Bertz CT molecular complexity index is 661. The van der Waals surface area contributed by atoms with Crippen molar-refractivity contribution < 1.29 is 20.8 Å². The number of benzene rings is 2. The number of nitrogen functional groups attached to an aromatic ring is 2.